The van der Waals surface area contributed by atoms with Crippen LogP contribution in [0.25, 0.3) is 0 Å². The van der Waals surface area contributed by atoms with Gasteiger partial charge in [-0.2, -0.15) is 0 Å². The highest BCUT2D eigenvalue weighted by Crippen LogP contribution is 2.26. The second-order valence-electron chi connectivity index (χ2n) is 7.14. The number of carbonyl (C=O) groups excluding carboxylic acids is 1. The maximum atomic E-state index is 13.4. The first-order valence-electron chi connectivity index (χ1n) is 9.92. The number of nitrogens with zero attached hydrogens (tertiary/aromatic N) is 1. The van der Waals surface area contributed by atoms with Gasteiger partial charge in [0.2, 0.25) is 0 Å². The number of carbonyl (C=O) groups is 1. The normalized spacial score (nSPS) is 15.9. The molecule has 1 saturated heterocycles. The monoisotopic (exact) mass is 421 g/mol. The van der Waals surface area contributed by atoms with Gasteiger partial charge in [0.05, 0.1) is 12.5 Å². The number of ether oxygens (including phenoxy) is 1. The smallest absolute Gasteiger partial charge is 0.171 e. The standard InChI is InChI=1S/C23H28ClNO2.ClH/c1-2-27-21-13-9-19(10-14-21)23(26)22(18-7-11-20(24)12-8-18)17-25-15-5-3-4-6-16-25;/h7-14,22H,2-6,15-17H2,1H3;1H. The molecule has 152 valence electrons. The molecule has 2 aromatic carbocycles. The van der Waals surface area contributed by atoms with Gasteiger partial charge in [0.1, 0.15) is 5.75 Å². The topological polar surface area (TPSA) is 29.5 Å². The number of ketones is 1. The molecule has 1 atom stereocenters. The van der Waals surface area contributed by atoms with Crippen LogP contribution < -0.4 is 4.74 Å². The average molecular weight is 422 g/mol. The Balaban J connectivity index is 0.00000280. The number of likely N-dealkylation sites (tertiary alicyclic amines) is 1. The molecule has 0 N–H and O–H groups in total. The van der Waals surface area contributed by atoms with Gasteiger partial charge in [-0.25, -0.2) is 0 Å². The summed E-state index contributed by atoms with van der Waals surface area (Å²) in [6.45, 7) is 5.47. The Bertz CT molecular complexity index is 723. The molecule has 0 aliphatic carbocycles. The van der Waals surface area contributed by atoms with Crippen LogP contribution in [-0.4, -0.2) is 36.9 Å². The predicted molar refractivity (Wildman–Crippen MR) is 118 cm³/mol. The van der Waals surface area contributed by atoms with Gasteiger partial charge in [0.25, 0.3) is 0 Å². The molecular weight excluding hydrogens is 393 g/mol. The van der Waals surface area contributed by atoms with Crippen molar-refractivity contribution in [2.45, 2.75) is 38.5 Å². The molecule has 0 aromatic heterocycles. The van der Waals surface area contributed by atoms with E-state index in [9.17, 15) is 4.79 Å². The van der Waals surface area contributed by atoms with Crippen LogP contribution in [0.5, 0.6) is 5.75 Å². The van der Waals surface area contributed by atoms with E-state index in [1.807, 2.05) is 55.5 Å². The fraction of sp³-hybridized carbons (Fsp3) is 0.435. The van der Waals surface area contributed by atoms with Crippen molar-refractivity contribution in [1.82, 2.24) is 4.90 Å². The van der Waals surface area contributed by atoms with Crippen molar-refractivity contribution in [3.63, 3.8) is 0 Å². The highest BCUT2D eigenvalue weighted by Gasteiger charge is 2.25. The van der Waals surface area contributed by atoms with Gasteiger partial charge in [0, 0.05) is 17.1 Å². The van der Waals surface area contributed by atoms with Crippen LogP contribution in [0.2, 0.25) is 5.02 Å². The summed E-state index contributed by atoms with van der Waals surface area (Å²) >= 11 is 6.06. The van der Waals surface area contributed by atoms with E-state index in [-0.39, 0.29) is 24.1 Å². The van der Waals surface area contributed by atoms with Crippen LogP contribution >= 0.6 is 24.0 Å². The van der Waals surface area contributed by atoms with Crippen molar-refractivity contribution in [3.8, 4) is 5.75 Å². The molecule has 3 nitrogen and oxygen atoms in total. The lowest BCUT2D eigenvalue weighted by Gasteiger charge is -2.26. The first kappa shape index (κ1) is 22.7. The van der Waals surface area contributed by atoms with Crippen LogP contribution in [0, 0.1) is 0 Å². The molecule has 0 spiro atoms. The number of benzene rings is 2. The highest BCUT2D eigenvalue weighted by atomic mass is 35.5. The summed E-state index contributed by atoms with van der Waals surface area (Å²) in [6, 6.07) is 15.2. The van der Waals surface area contributed by atoms with Gasteiger partial charge in [0.15, 0.2) is 5.78 Å². The molecule has 3 rings (SSSR count). The fourth-order valence-corrected chi connectivity index (χ4v) is 3.82. The van der Waals surface area contributed by atoms with Gasteiger partial charge < -0.3 is 9.64 Å². The largest absolute Gasteiger partial charge is 0.494 e. The molecule has 28 heavy (non-hydrogen) atoms. The fourth-order valence-electron chi connectivity index (χ4n) is 3.70. The zero-order chi connectivity index (χ0) is 19.1. The SMILES string of the molecule is CCOc1ccc(C(=O)C(CN2CCCCCC2)c2ccc(Cl)cc2)cc1.Cl. The van der Waals surface area contributed by atoms with Crippen LogP contribution in [-0.2, 0) is 0 Å². The number of rotatable bonds is 7. The van der Waals surface area contributed by atoms with Crippen molar-refractivity contribution in [3.05, 3.63) is 64.7 Å². The minimum absolute atomic E-state index is 0. The summed E-state index contributed by atoms with van der Waals surface area (Å²) in [5, 5.41) is 0.695. The zero-order valence-electron chi connectivity index (χ0n) is 16.4. The molecule has 1 heterocycles. The minimum Gasteiger partial charge on any atom is -0.494 e. The number of hydrogen-bond acceptors (Lipinski definition) is 3. The third kappa shape index (κ3) is 6.23. The van der Waals surface area contributed by atoms with E-state index in [1.54, 1.807) is 0 Å². The highest BCUT2D eigenvalue weighted by molar-refractivity contribution is 6.30. The summed E-state index contributed by atoms with van der Waals surface area (Å²) in [5.74, 6) is 0.771. The summed E-state index contributed by atoms with van der Waals surface area (Å²) in [7, 11) is 0. The summed E-state index contributed by atoms with van der Waals surface area (Å²) < 4.78 is 5.50. The van der Waals surface area contributed by atoms with Crippen LogP contribution in [0.4, 0.5) is 0 Å². The molecule has 1 aliphatic heterocycles. The molecule has 5 heteroatoms. The molecular formula is C23H29Cl2NO2. The van der Waals surface area contributed by atoms with E-state index in [4.69, 9.17) is 16.3 Å². The molecule has 0 bridgehead atoms. The maximum absolute atomic E-state index is 13.4. The molecule has 1 unspecified atom stereocenters. The third-order valence-corrected chi connectivity index (χ3v) is 5.43. The summed E-state index contributed by atoms with van der Waals surface area (Å²) in [4.78, 5) is 15.8. The Morgan fingerprint density at radius 3 is 2.18 bits per heavy atom. The van der Waals surface area contributed by atoms with Gasteiger partial charge in [-0.15, -0.1) is 12.4 Å². The summed E-state index contributed by atoms with van der Waals surface area (Å²) in [5.41, 5.74) is 1.76. The number of halogens is 2. The van der Waals surface area contributed by atoms with Crippen molar-refractivity contribution in [1.29, 1.82) is 0 Å². The quantitative estimate of drug-likeness (QED) is 0.513. The van der Waals surface area contributed by atoms with Gasteiger partial charge in [-0.1, -0.05) is 36.6 Å². The van der Waals surface area contributed by atoms with Crippen LogP contribution in [0.15, 0.2) is 48.5 Å². The molecule has 0 radical (unpaired) electrons. The molecule has 0 saturated carbocycles. The van der Waals surface area contributed by atoms with E-state index in [1.165, 1.54) is 25.7 Å². The Kier molecular flexibility index (Phi) is 9.30. The van der Waals surface area contributed by atoms with E-state index in [0.717, 1.165) is 36.5 Å². The lowest BCUT2D eigenvalue weighted by atomic mass is 9.90. The molecule has 0 amide bonds. The first-order chi connectivity index (χ1) is 13.2. The van der Waals surface area contributed by atoms with Crippen molar-refractivity contribution >= 4 is 29.8 Å². The zero-order valence-corrected chi connectivity index (χ0v) is 18.0. The van der Waals surface area contributed by atoms with Crippen LogP contribution in [0.3, 0.4) is 0 Å². The average Bonchev–Trinajstić information content (AvgIpc) is 2.96. The Morgan fingerprint density at radius 2 is 1.61 bits per heavy atom. The van der Waals surface area contributed by atoms with E-state index in [0.29, 0.717) is 11.6 Å². The van der Waals surface area contributed by atoms with Crippen molar-refractivity contribution in [2.24, 2.45) is 0 Å². The molecule has 2 aromatic rings. The summed E-state index contributed by atoms with van der Waals surface area (Å²) in [6.07, 6.45) is 5.00. The lowest BCUT2D eigenvalue weighted by molar-refractivity contribution is 0.0934. The molecule has 1 aliphatic rings. The Morgan fingerprint density at radius 1 is 1.00 bits per heavy atom. The second kappa shape index (κ2) is 11.5. The van der Waals surface area contributed by atoms with Crippen molar-refractivity contribution < 1.29 is 9.53 Å². The third-order valence-electron chi connectivity index (χ3n) is 5.18. The van der Waals surface area contributed by atoms with Crippen molar-refractivity contribution in [2.75, 3.05) is 26.2 Å². The number of Topliss-reactive ketones (excluding diaryl/α,β-unsaturated/α-hetero) is 1. The van der Waals surface area contributed by atoms with Gasteiger partial charge in [-0.05, 0) is 74.8 Å². The van der Waals surface area contributed by atoms with E-state index < -0.39 is 0 Å². The Labute approximate surface area is 179 Å². The Hall–Kier alpha value is -1.55. The molecule has 1 fully saturated rings. The van der Waals surface area contributed by atoms with Gasteiger partial charge in [-0.3, -0.25) is 4.79 Å². The minimum atomic E-state index is -0.182. The maximum Gasteiger partial charge on any atom is 0.171 e. The number of hydrogen-bond donors (Lipinski definition) is 0. The predicted octanol–water partition coefficient (Wildman–Crippen LogP) is 6.00. The second-order valence-corrected chi connectivity index (χ2v) is 7.58. The lowest BCUT2D eigenvalue weighted by Crippen LogP contribution is -2.33. The van der Waals surface area contributed by atoms with Gasteiger partial charge >= 0.3 is 0 Å². The van der Waals surface area contributed by atoms with E-state index in [2.05, 4.69) is 4.90 Å². The van der Waals surface area contributed by atoms with Crippen LogP contribution in [0.1, 0.15) is 54.4 Å². The van der Waals surface area contributed by atoms with E-state index >= 15 is 0 Å². The first-order valence-corrected chi connectivity index (χ1v) is 10.3.